The van der Waals surface area contributed by atoms with E-state index in [9.17, 15) is 9.90 Å². The summed E-state index contributed by atoms with van der Waals surface area (Å²) in [6, 6.07) is 0. The van der Waals surface area contributed by atoms with Gasteiger partial charge in [0.2, 0.25) is 0 Å². The van der Waals surface area contributed by atoms with Crippen molar-refractivity contribution in [3.63, 3.8) is 0 Å². The number of ether oxygens (including phenoxy) is 2. The van der Waals surface area contributed by atoms with Crippen LogP contribution in [-0.4, -0.2) is 35.0 Å². The first kappa shape index (κ1) is 13.5. The quantitative estimate of drug-likeness (QED) is 0.730. The van der Waals surface area contributed by atoms with Gasteiger partial charge in [0.1, 0.15) is 11.2 Å². The van der Waals surface area contributed by atoms with Crippen molar-refractivity contribution in [1.82, 2.24) is 0 Å². The van der Waals surface area contributed by atoms with Gasteiger partial charge in [0.15, 0.2) is 0 Å². The summed E-state index contributed by atoms with van der Waals surface area (Å²) < 4.78 is 10.6. The maximum absolute atomic E-state index is 11.9. The third-order valence-electron chi connectivity index (χ3n) is 3.08. The zero-order valence-corrected chi connectivity index (χ0v) is 10.7. The second-order valence-corrected chi connectivity index (χ2v) is 5.51. The molecule has 0 aromatic rings. The highest BCUT2D eigenvalue weighted by Gasteiger charge is 2.48. The summed E-state index contributed by atoms with van der Waals surface area (Å²) >= 11 is 0. The van der Waals surface area contributed by atoms with E-state index in [1.165, 1.54) is 0 Å². The summed E-state index contributed by atoms with van der Waals surface area (Å²) in [7, 11) is 0. The number of hydrogen-bond acceptors (Lipinski definition) is 4. The zero-order chi connectivity index (χ0) is 12.6. The van der Waals surface area contributed by atoms with E-state index in [0.717, 1.165) is 0 Å². The van der Waals surface area contributed by atoms with Crippen LogP contribution in [0.3, 0.4) is 0 Å². The Labute approximate surface area is 96.9 Å². The van der Waals surface area contributed by atoms with Gasteiger partial charge < -0.3 is 14.6 Å². The minimum Gasteiger partial charge on any atom is -0.460 e. The average Bonchev–Trinajstić information content (AvgIpc) is 2.44. The van der Waals surface area contributed by atoms with Crippen molar-refractivity contribution in [3.05, 3.63) is 0 Å². The number of hydrogen-bond donors (Lipinski definition) is 1. The fourth-order valence-electron chi connectivity index (χ4n) is 1.91. The molecule has 0 saturated carbocycles. The molecule has 3 atom stereocenters. The number of carbonyl (C=O) groups excluding carboxylic acids is 1. The Morgan fingerprint density at radius 2 is 2.12 bits per heavy atom. The molecule has 1 heterocycles. The molecule has 0 bridgehead atoms. The smallest absolute Gasteiger partial charge is 0.312 e. The zero-order valence-electron chi connectivity index (χ0n) is 10.7. The molecule has 0 aromatic carbocycles. The van der Waals surface area contributed by atoms with Crippen LogP contribution in [0, 0.1) is 5.92 Å². The molecule has 1 fully saturated rings. The molecule has 3 unspecified atom stereocenters. The van der Waals surface area contributed by atoms with E-state index in [0.29, 0.717) is 13.0 Å². The molecule has 4 nitrogen and oxygen atoms in total. The van der Waals surface area contributed by atoms with Gasteiger partial charge in [-0.3, -0.25) is 4.79 Å². The summed E-state index contributed by atoms with van der Waals surface area (Å²) in [5.74, 6) is -0.934. The first-order chi connectivity index (χ1) is 7.17. The summed E-state index contributed by atoms with van der Waals surface area (Å²) in [6.07, 6.45) is 0.157. The lowest BCUT2D eigenvalue weighted by molar-refractivity contribution is -0.172. The molecule has 1 saturated heterocycles. The van der Waals surface area contributed by atoms with Gasteiger partial charge in [0.05, 0.1) is 12.0 Å². The van der Waals surface area contributed by atoms with Crippen molar-refractivity contribution in [2.45, 2.75) is 58.3 Å². The van der Waals surface area contributed by atoms with E-state index >= 15 is 0 Å². The number of aliphatic hydroxyl groups is 1. The van der Waals surface area contributed by atoms with Crippen LogP contribution in [0.4, 0.5) is 0 Å². The Morgan fingerprint density at radius 1 is 1.56 bits per heavy atom. The fraction of sp³-hybridized carbons (Fsp3) is 0.917. The maximum atomic E-state index is 11.9. The molecule has 1 aliphatic rings. The molecule has 1 N–H and O–H groups in total. The number of esters is 1. The SMILES string of the molecule is CC1OCCC1(O)C(C)C(=O)OC(C)(C)C. The van der Waals surface area contributed by atoms with E-state index < -0.39 is 17.1 Å². The van der Waals surface area contributed by atoms with Gasteiger partial charge in [0, 0.05) is 13.0 Å². The van der Waals surface area contributed by atoms with Crippen LogP contribution < -0.4 is 0 Å². The average molecular weight is 230 g/mol. The first-order valence-electron chi connectivity index (χ1n) is 5.73. The van der Waals surface area contributed by atoms with Crippen LogP contribution in [0.5, 0.6) is 0 Å². The van der Waals surface area contributed by atoms with Crippen LogP contribution in [0.25, 0.3) is 0 Å². The van der Waals surface area contributed by atoms with Crippen LogP contribution >= 0.6 is 0 Å². The van der Waals surface area contributed by atoms with Crippen molar-refractivity contribution in [2.24, 2.45) is 5.92 Å². The van der Waals surface area contributed by atoms with Crippen LogP contribution in [0.2, 0.25) is 0 Å². The van der Waals surface area contributed by atoms with Crippen molar-refractivity contribution < 1.29 is 19.4 Å². The third-order valence-corrected chi connectivity index (χ3v) is 3.08. The highest BCUT2D eigenvalue weighted by atomic mass is 16.6. The fourth-order valence-corrected chi connectivity index (χ4v) is 1.91. The topological polar surface area (TPSA) is 55.8 Å². The number of rotatable bonds is 2. The second-order valence-electron chi connectivity index (χ2n) is 5.51. The molecule has 16 heavy (non-hydrogen) atoms. The summed E-state index contributed by atoms with van der Waals surface area (Å²) in [5.41, 5.74) is -1.62. The van der Waals surface area contributed by atoms with Crippen LogP contribution in [0.15, 0.2) is 0 Å². The largest absolute Gasteiger partial charge is 0.460 e. The minimum absolute atomic E-state index is 0.324. The Kier molecular flexibility index (Phi) is 3.65. The maximum Gasteiger partial charge on any atom is 0.312 e. The molecule has 1 aliphatic heterocycles. The van der Waals surface area contributed by atoms with Gasteiger partial charge in [0.25, 0.3) is 0 Å². The van der Waals surface area contributed by atoms with Crippen LogP contribution in [-0.2, 0) is 14.3 Å². The van der Waals surface area contributed by atoms with Crippen molar-refractivity contribution in [3.8, 4) is 0 Å². The van der Waals surface area contributed by atoms with E-state index in [1.807, 2.05) is 20.8 Å². The lowest BCUT2D eigenvalue weighted by Crippen LogP contribution is -2.47. The molecule has 0 aliphatic carbocycles. The molecule has 4 heteroatoms. The lowest BCUT2D eigenvalue weighted by Gasteiger charge is -2.33. The van der Waals surface area contributed by atoms with Gasteiger partial charge >= 0.3 is 5.97 Å². The summed E-state index contributed by atoms with van der Waals surface area (Å²) in [4.78, 5) is 11.9. The Bertz CT molecular complexity index is 269. The van der Waals surface area contributed by atoms with E-state index in [-0.39, 0.29) is 12.1 Å². The highest BCUT2D eigenvalue weighted by molar-refractivity contribution is 5.74. The Morgan fingerprint density at radius 3 is 2.50 bits per heavy atom. The van der Waals surface area contributed by atoms with Gasteiger partial charge in [-0.2, -0.15) is 0 Å². The molecule has 0 radical (unpaired) electrons. The lowest BCUT2D eigenvalue weighted by atomic mass is 9.83. The second kappa shape index (κ2) is 4.34. The molecule has 94 valence electrons. The van der Waals surface area contributed by atoms with Crippen LogP contribution in [0.1, 0.15) is 41.0 Å². The monoisotopic (exact) mass is 230 g/mol. The summed E-state index contributed by atoms with van der Waals surface area (Å²) in [6.45, 7) is 9.42. The van der Waals surface area contributed by atoms with E-state index in [2.05, 4.69) is 0 Å². The van der Waals surface area contributed by atoms with Crippen molar-refractivity contribution in [2.75, 3.05) is 6.61 Å². The van der Waals surface area contributed by atoms with E-state index in [4.69, 9.17) is 9.47 Å². The predicted octanol–water partition coefficient (Wildman–Crippen LogP) is 1.50. The molecule has 1 rings (SSSR count). The Hall–Kier alpha value is -0.610. The highest BCUT2D eigenvalue weighted by Crippen LogP contribution is 2.34. The summed E-state index contributed by atoms with van der Waals surface area (Å²) in [5, 5.41) is 10.4. The normalized spacial score (nSPS) is 32.5. The van der Waals surface area contributed by atoms with Gasteiger partial charge in [-0.05, 0) is 34.6 Å². The third kappa shape index (κ3) is 2.74. The molecular formula is C12H22O4. The van der Waals surface area contributed by atoms with Gasteiger partial charge in [-0.1, -0.05) is 0 Å². The van der Waals surface area contributed by atoms with E-state index in [1.54, 1.807) is 13.8 Å². The predicted molar refractivity (Wildman–Crippen MR) is 60.0 cm³/mol. The van der Waals surface area contributed by atoms with Crippen molar-refractivity contribution in [1.29, 1.82) is 0 Å². The standard InChI is InChI=1S/C12H22O4/c1-8(10(13)16-11(3,4)5)12(14)6-7-15-9(12)2/h8-9,14H,6-7H2,1-5H3. The molecule has 0 aromatic heterocycles. The Balaban J connectivity index is 2.70. The molecule has 0 amide bonds. The van der Waals surface area contributed by atoms with Crippen molar-refractivity contribution >= 4 is 5.97 Å². The van der Waals surface area contributed by atoms with Gasteiger partial charge in [-0.25, -0.2) is 0 Å². The first-order valence-corrected chi connectivity index (χ1v) is 5.73. The number of carbonyl (C=O) groups is 1. The molecule has 0 spiro atoms. The van der Waals surface area contributed by atoms with Gasteiger partial charge in [-0.15, -0.1) is 0 Å². The molecular weight excluding hydrogens is 208 g/mol. The minimum atomic E-state index is -1.09.